The SMILES string of the molecule is Cc1cccc(N(Cc2nc3nc(C)cc(=O)n3[nH]2)C(=O)c2cccc([N+](=O)[O-])c2)c1. The summed E-state index contributed by atoms with van der Waals surface area (Å²) in [6.45, 7) is 3.60. The molecule has 10 nitrogen and oxygen atoms in total. The molecule has 0 bridgehead atoms. The number of non-ortho nitro benzene ring substituents is 1. The standard InChI is InChI=1S/C21H18N6O4/c1-13-5-3-7-16(9-13)25(20(29)15-6-4-8-17(11-15)27(30)31)12-18-23-21-22-14(2)10-19(28)26(21)24-18/h3-11H,12H2,1-2H3,(H,22,23,24). The molecule has 0 saturated heterocycles. The smallest absolute Gasteiger partial charge is 0.274 e. The van der Waals surface area contributed by atoms with E-state index in [9.17, 15) is 19.7 Å². The first kappa shape index (κ1) is 20.0. The van der Waals surface area contributed by atoms with Crippen molar-refractivity contribution in [2.75, 3.05) is 4.90 Å². The number of rotatable bonds is 5. The Morgan fingerprint density at radius 2 is 1.90 bits per heavy atom. The lowest BCUT2D eigenvalue weighted by molar-refractivity contribution is -0.384. The molecule has 4 rings (SSSR count). The van der Waals surface area contributed by atoms with Crippen molar-refractivity contribution in [1.29, 1.82) is 0 Å². The molecule has 0 aliphatic rings. The van der Waals surface area contributed by atoms with E-state index in [1.807, 2.05) is 25.1 Å². The monoisotopic (exact) mass is 418 g/mol. The Hall–Kier alpha value is -4.34. The number of amides is 1. The second kappa shape index (κ2) is 7.82. The highest BCUT2D eigenvalue weighted by Gasteiger charge is 2.22. The van der Waals surface area contributed by atoms with Crippen molar-refractivity contribution in [3.63, 3.8) is 0 Å². The van der Waals surface area contributed by atoms with Gasteiger partial charge in [-0.2, -0.15) is 9.50 Å². The number of hydrogen-bond donors (Lipinski definition) is 1. The summed E-state index contributed by atoms with van der Waals surface area (Å²) in [5, 5.41) is 14.0. The summed E-state index contributed by atoms with van der Waals surface area (Å²) in [4.78, 5) is 46.1. The minimum Gasteiger partial charge on any atom is -0.301 e. The van der Waals surface area contributed by atoms with Crippen LogP contribution in [-0.2, 0) is 6.54 Å². The Kier molecular flexibility index (Phi) is 5.04. The number of aromatic nitrogens is 4. The van der Waals surface area contributed by atoms with E-state index in [0.29, 0.717) is 17.2 Å². The maximum absolute atomic E-state index is 13.3. The first-order valence-corrected chi connectivity index (χ1v) is 9.40. The molecule has 0 fully saturated rings. The van der Waals surface area contributed by atoms with E-state index in [4.69, 9.17) is 0 Å². The summed E-state index contributed by atoms with van der Waals surface area (Å²) in [6, 6.07) is 14.2. The number of nitro benzene ring substituents is 1. The van der Waals surface area contributed by atoms with Crippen molar-refractivity contribution in [1.82, 2.24) is 19.6 Å². The lowest BCUT2D eigenvalue weighted by Crippen LogP contribution is -2.31. The van der Waals surface area contributed by atoms with Crippen LogP contribution in [0.1, 0.15) is 27.4 Å². The van der Waals surface area contributed by atoms with Gasteiger partial charge in [-0.15, -0.1) is 0 Å². The van der Waals surface area contributed by atoms with Gasteiger partial charge in [0.25, 0.3) is 22.9 Å². The summed E-state index contributed by atoms with van der Waals surface area (Å²) in [5.74, 6) is 0.105. The van der Waals surface area contributed by atoms with Gasteiger partial charge in [0.15, 0.2) is 0 Å². The zero-order valence-corrected chi connectivity index (χ0v) is 16.8. The van der Waals surface area contributed by atoms with Crippen LogP contribution in [-0.4, -0.2) is 30.4 Å². The number of nitrogens with one attached hydrogen (secondary N) is 1. The Balaban J connectivity index is 1.77. The molecule has 1 amide bonds. The van der Waals surface area contributed by atoms with Gasteiger partial charge in [0.1, 0.15) is 5.82 Å². The summed E-state index contributed by atoms with van der Waals surface area (Å²) in [6.07, 6.45) is 0. The summed E-state index contributed by atoms with van der Waals surface area (Å²) in [5.41, 5.74) is 1.74. The predicted octanol–water partition coefficient (Wildman–Crippen LogP) is 2.79. The lowest BCUT2D eigenvalue weighted by atomic mass is 10.1. The van der Waals surface area contributed by atoms with Gasteiger partial charge in [0.2, 0.25) is 0 Å². The number of hydrogen-bond acceptors (Lipinski definition) is 6. The Labute approximate surface area is 175 Å². The average molecular weight is 418 g/mol. The molecule has 0 aliphatic carbocycles. The molecule has 0 aliphatic heterocycles. The van der Waals surface area contributed by atoms with Gasteiger partial charge < -0.3 is 4.90 Å². The van der Waals surface area contributed by atoms with Crippen molar-refractivity contribution in [2.24, 2.45) is 0 Å². The van der Waals surface area contributed by atoms with E-state index in [-0.39, 0.29) is 29.1 Å². The molecule has 0 spiro atoms. The van der Waals surface area contributed by atoms with Crippen LogP contribution in [0.3, 0.4) is 0 Å². The third kappa shape index (κ3) is 4.04. The molecular weight excluding hydrogens is 400 g/mol. The second-order valence-corrected chi connectivity index (χ2v) is 7.08. The van der Waals surface area contributed by atoms with Crippen molar-refractivity contribution in [3.05, 3.63) is 97.7 Å². The van der Waals surface area contributed by atoms with E-state index < -0.39 is 10.8 Å². The lowest BCUT2D eigenvalue weighted by Gasteiger charge is -2.22. The third-order valence-electron chi connectivity index (χ3n) is 4.68. The van der Waals surface area contributed by atoms with Gasteiger partial charge in [0.05, 0.1) is 11.5 Å². The van der Waals surface area contributed by atoms with Crippen LogP contribution in [0.25, 0.3) is 5.78 Å². The van der Waals surface area contributed by atoms with Gasteiger partial charge in [-0.1, -0.05) is 18.2 Å². The molecule has 156 valence electrons. The molecule has 2 aromatic heterocycles. The largest absolute Gasteiger partial charge is 0.301 e. The maximum Gasteiger partial charge on any atom is 0.274 e. The Morgan fingerprint density at radius 1 is 1.13 bits per heavy atom. The van der Waals surface area contributed by atoms with Crippen LogP contribution < -0.4 is 10.5 Å². The van der Waals surface area contributed by atoms with Gasteiger partial charge in [0, 0.05) is 35.1 Å². The highest BCUT2D eigenvalue weighted by Crippen LogP contribution is 2.22. The number of nitrogens with zero attached hydrogens (tertiary/aromatic N) is 5. The fourth-order valence-electron chi connectivity index (χ4n) is 3.24. The van der Waals surface area contributed by atoms with Crippen LogP contribution in [0.4, 0.5) is 11.4 Å². The van der Waals surface area contributed by atoms with E-state index in [2.05, 4.69) is 15.1 Å². The van der Waals surface area contributed by atoms with Crippen LogP contribution >= 0.6 is 0 Å². The molecule has 1 N–H and O–H groups in total. The minimum atomic E-state index is -0.548. The number of carbonyl (C=O) groups excluding carboxylic acids is 1. The first-order valence-electron chi connectivity index (χ1n) is 9.40. The number of benzene rings is 2. The van der Waals surface area contributed by atoms with Crippen molar-refractivity contribution >= 4 is 23.1 Å². The number of H-pyrrole nitrogens is 1. The summed E-state index contributed by atoms with van der Waals surface area (Å²) >= 11 is 0. The van der Waals surface area contributed by atoms with Crippen molar-refractivity contribution < 1.29 is 9.72 Å². The van der Waals surface area contributed by atoms with E-state index in [1.54, 1.807) is 13.0 Å². The van der Waals surface area contributed by atoms with Gasteiger partial charge >= 0.3 is 0 Å². The molecule has 4 aromatic rings. The number of fused-ring (bicyclic) bond motifs is 1. The predicted molar refractivity (Wildman–Crippen MR) is 113 cm³/mol. The normalized spacial score (nSPS) is 10.9. The zero-order valence-electron chi connectivity index (χ0n) is 16.8. The number of nitro groups is 1. The fourth-order valence-corrected chi connectivity index (χ4v) is 3.24. The zero-order chi connectivity index (χ0) is 22.1. The first-order chi connectivity index (χ1) is 14.8. The Bertz CT molecular complexity index is 1370. The van der Waals surface area contributed by atoms with E-state index in [0.717, 1.165) is 5.56 Å². The number of aromatic amines is 1. The number of aryl methyl sites for hydroxylation is 2. The minimum absolute atomic E-state index is 0.00677. The van der Waals surface area contributed by atoms with Crippen LogP contribution in [0.2, 0.25) is 0 Å². The van der Waals surface area contributed by atoms with Gasteiger partial charge in [-0.3, -0.25) is 24.8 Å². The molecule has 0 unspecified atom stereocenters. The number of anilines is 1. The second-order valence-electron chi connectivity index (χ2n) is 7.08. The quantitative estimate of drug-likeness (QED) is 0.392. The molecular formula is C21H18N6O4. The topological polar surface area (TPSA) is 126 Å². The van der Waals surface area contributed by atoms with Crippen LogP contribution in [0.5, 0.6) is 0 Å². The molecule has 0 saturated carbocycles. The summed E-state index contributed by atoms with van der Waals surface area (Å²) < 4.78 is 1.20. The van der Waals surface area contributed by atoms with Crippen molar-refractivity contribution in [2.45, 2.75) is 20.4 Å². The fraction of sp³-hybridized carbons (Fsp3) is 0.143. The maximum atomic E-state index is 13.3. The molecule has 0 radical (unpaired) electrons. The van der Waals surface area contributed by atoms with Crippen LogP contribution in [0, 0.1) is 24.0 Å². The Morgan fingerprint density at radius 3 is 2.65 bits per heavy atom. The molecule has 10 heteroatoms. The average Bonchev–Trinajstić information content (AvgIpc) is 3.14. The van der Waals surface area contributed by atoms with Crippen LogP contribution in [0.15, 0.2) is 59.4 Å². The van der Waals surface area contributed by atoms with E-state index >= 15 is 0 Å². The highest BCUT2D eigenvalue weighted by atomic mass is 16.6. The van der Waals surface area contributed by atoms with Gasteiger partial charge in [-0.25, -0.2) is 4.98 Å². The van der Waals surface area contributed by atoms with Gasteiger partial charge in [-0.05, 0) is 37.6 Å². The molecule has 2 heterocycles. The van der Waals surface area contributed by atoms with E-state index in [1.165, 1.54) is 39.7 Å². The third-order valence-corrected chi connectivity index (χ3v) is 4.68. The number of carbonyl (C=O) groups is 1. The molecule has 0 atom stereocenters. The molecule has 2 aromatic carbocycles. The van der Waals surface area contributed by atoms with Crippen molar-refractivity contribution in [3.8, 4) is 0 Å². The highest BCUT2D eigenvalue weighted by molar-refractivity contribution is 6.06. The summed E-state index contributed by atoms with van der Waals surface area (Å²) in [7, 11) is 0. The molecule has 31 heavy (non-hydrogen) atoms.